The standard InChI is InChI=1S/C18H14N4O4S/c1-10(16-20-6-7-27-16)21-18-22-13-3-2-11(9-15(13)26-18)25-12-4-5-19-14(8-12)17(23)24/h2-10H,1H3,(H,21,22)(H,23,24). The first-order chi connectivity index (χ1) is 13.1. The van der Waals surface area contributed by atoms with Crippen LogP contribution in [0.3, 0.4) is 0 Å². The Hall–Kier alpha value is -3.46. The second-order valence-corrected chi connectivity index (χ2v) is 6.60. The minimum atomic E-state index is -1.11. The molecule has 0 aliphatic heterocycles. The lowest BCUT2D eigenvalue weighted by Gasteiger charge is -2.07. The van der Waals surface area contributed by atoms with Gasteiger partial charge in [0.05, 0.1) is 6.04 Å². The molecule has 4 aromatic rings. The minimum absolute atomic E-state index is 0.0277. The molecule has 0 amide bonds. The molecular weight excluding hydrogens is 368 g/mol. The Bertz CT molecular complexity index is 1090. The third kappa shape index (κ3) is 3.72. The molecule has 136 valence electrons. The molecule has 0 aliphatic carbocycles. The van der Waals surface area contributed by atoms with Crippen LogP contribution >= 0.6 is 11.3 Å². The molecule has 4 rings (SSSR count). The number of pyridine rings is 1. The van der Waals surface area contributed by atoms with Gasteiger partial charge in [-0.1, -0.05) is 0 Å². The van der Waals surface area contributed by atoms with E-state index in [4.69, 9.17) is 14.3 Å². The number of aromatic nitrogens is 3. The Morgan fingerprint density at radius 2 is 2.07 bits per heavy atom. The molecule has 3 heterocycles. The second-order valence-electron chi connectivity index (χ2n) is 5.67. The number of benzene rings is 1. The van der Waals surface area contributed by atoms with Gasteiger partial charge >= 0.3 is 5.97 Å². The Morgan fingerprint density at radius 1 is 1.22 bits per heavy atom. The number of aromatic carboxylic acids is 1. The van der Waals surface area contributed by atoms with Crippen molar-refractivity contribution in [3.63, 3.8) is 0 Å². The van der Waals surface area contributed by atoms with Gasteiger partial charge in [0, 0.05) is 29.9 Å². The fraction of sp³-hybridized carbons (Fsp3) is 0.111. The first-order valence-corrected chi connectivity index (χ1v) is 8.90. The summed E-state index contributed by atoms with van der Waals surface area (Å²) in [5.74, 6) is -0.242. The van der Waals surface area contributed by atoms with Crippen LogP contribution < -0.4 is 10.1 Å². The average Bonchev–Trinajstić information content (AvgIpc) is 3.31. The monoisotopic (exact) mass is 382 g/mol. The molecule has 27 heavy (non-hydrogen) atoms. The molecule has 1 aromatic carbocycles. The fourth-order valence-corrected chi connectivity index (χ4v) is 3.10. The minimum Gasteiger partial charge on any atom is -0.477 e. The Morgan fingerprint density at radius 3 is 2.85 bits per heavy atom. The zero-order valence-corrected chi connectivity index (χ0v) is 14.9. The normalized spacial score (nSPS) is 12.0. The quantitative estimate of drug-likeness (QED) is 0.506. The van der Waals surface area contributed by atoms with Crippen LogP contribution in [-0.4, -0.2) is 26.0 Å². The van der Waals surface area contributed by atoms with Crippen molar-refractivity contribution < 1.29 is 19.1 Å². The van der Waals surface area contributed by atoms with Crippen molar-refractivity contribution in [3.8, 4) is 11.5 Å². The van der Waals surface area contributed by atoms with Crippen molar-refractivity contribution >= 4 is 34.4 Å². The van der Waals surface area contributed by atoms with Gasteiger partial charge in [0.25, 0.3) is 6.01 Å². The number of nitrogens with zero attached hydrogens (tertiary/aromatic N) is 3. The number of fused-ring (bicyclic) bond motifs is 1. The third-order valence-corrected chi connectivity index (χ3v) is 4.67. The van der Waals surface area contributed by atoms with Gasteiger partial charge in [0.15, 0.2) is 11.3 Å². The predicted molar refractivity (Wildman–Crippen MR) is 99.4 cm³/mol. The molecule has 1 unspecified atom stereocenters. The van der Waals surface area contributed by atoms with Crippen LogP contribution in [0, 0.1) is 0 Å². The molecule has 0 saturated heterocycles. The first kappa shape index (κ1) is 17.0. The van der Waals surface area contributed by atoms with Crippen molar-refractivity contribution in [2.45, 2.75) is 13.0 Å². The van der Waals surface area contributed by atoms with Gasteiger partial charge in [0.1, 0.15) is 22.0 Å². The molecule has 8 nitrogen and oxygen atoms in total. The highest BCUT2D eigenvalue weighted by atomic mass is 32.1. The largest absolute Gasteiger partial charge is 0.477 e. The van der Waals surface area contributed by atoms with Crippen molar-refractivity contribution in [1.29, 1.82) is 0 Å². The third-order valence-electron chi connectivity index (χ3n) is 3.71. The van der Waals surface area contributed by atoms with E-state index in [1.54, 1.807) is 41.8 Å². The van der Waals surface area contributed by atoms with Crippen LogP contribution in [0.1, 0.15) is 28.5 Å². The van der Waals surface area contributed by atoms with E-state index >= 15 is 0 Å². The van der Waals surface area contributed by atoms with E-state index in [0.29, 0.717) is 28.6 Å². The van der Waals surface area contributed by atoms with Gasteiger partial charge in [-0.25, -0.2) is 14.8 Å². The molecule has 0 spiro atoms. The van der Waals surface area contributed by atoms with Crippen molar-refractivity contribution in [3.05, 3.63) is 58.8 Å². The SMILES string of the molecule is CC(Nc1nc2ccc(Oc3ccnc(C(=O)O)c3)cc2o1)c1nccs1. The summed E-state index contributed by atoms with van der Waals surface area (Å²) in [6.07, 6.45) is 3.14. The topological polar surface area (TPSA) is 110 Å². The number of anilines is 1. The van der Waals surface area contributed by atoms with Gasteiger partial charge in [-0.05, 0) is 25.1 Å². The molecular formula is C18H14N4O4S. The summed E-state index contributed by atoms with van der Waals surface area (Å²) in [5.41, 5.74) is 1.14. The summed E-state index contributed by atoms with van der Waals surface area (Å²) >= 11 is 1.55. The number of thiazole rings is 1. The summed E-state index contributed by atoms with van der Waals surface area (Å²) < 4.78 is 11.5. The summed E-state index contributed by atoms with van der Waals surface area (Å²) in [5, 5.41) is 15.0. The molecule has 0 fully saturated rings. The van der Waals surface area contributed by atoms with Crippen molar-refractivity contribution in [2.75, 3.05) is 5.32 Å². The molecule has 1 atom stereocenters. The lowest BCUT2D eigenvalue weighted by molar-refractivity contribution is 0.0690. The van der Waals surface area contributed by atoms with E-state index in [9.17, 15) is 4.79 Å². The van der Waals surface area contributed by atoms with Crippen LogP contribution in [0.4, 0.5) is 6.01 Å². The number of carboxylic acid groups (broad SMARTS) is 1. The number of oxazole rings is 1. The second kappa shape index (κ2) is 7.04. The highest BCUT2D eigenvalue weighted by molar-refractivity contribution is 7.09. The molecule has 0 bridgehead atoms. The van der Waals surface area contributed by atoms with E-state index in [-0.39, 0.29) is 11.7 Å². The van der Waals surface area contributed by atoms with Gasteiger partial charge in [-0.2, -0.15) is 4.98 Å². The lowest BCUT2D eigenvalue weighted by atomic mass is 10.3. The van der Waals surface area contributed by atoms with Crippen LogP contribution in [0.25, 0.3) is 11.1 Å². The molecule has 0 aliphatic rings. The van der Waals surface area contributed by atoms with E-state index in [2.05, 4.69) is 20.3 Å². The van der Waals surface area contributed by atoms with Crippen molar-refractivity contribution in [1.82, 2.24) is 15.0 Å². The number of carboxylic acids is 1. The number of hydrogen-bond donors (Lipinski definition) is 2. The zero-order valence-electron chi connectivity index (χ0n) is 14.1. The summed E-state index contributed by atoms with van der Waals surface area (Å²) in [4.78, 5) is 23.4. The number of carbonyl (C=O) groups is 1. The summed E-state index contributed by atoms with van der Waals surface area (Å²) in [7, 11) is 0. The summed E-state index contributed by atoms with van der Waals surface area (Å²) in [6, 6.07) is 8.51. The zero-order chi connectivity index (χ0) is 18.8. The van der Waals surface area contributed by atoms with Crippen LogP contribution in [-0.2, 0) is 0 Å². The molecule has 2 N–H and O–H groups in total. The maximum atomic E-state index is 11.0. The van der Waals surface area contributed by atoms with Gasteiger partial charge in [-0.15, -0.1) is 11.3 Å². The molecule has 9 heteroatoms. The highest BCUT2D eigenvalue weighted by Gasteiger charge is 2.13. The highest BCUT2D eigenvalue weighted by Crippen LogP contribution is 2.29. The Labute approximate surface area is 157 Å². The summed E-state index contributed by atoms with van der Waals surface area (Å²) in [6.45, 7) is 1.98. The number of ether oxygens (including phenoxy) is 1. The van der Waals surface area contributed by atoms with Crippen LogP contribution in [0.15, 0.2) is 52.5 Å². The number of nitrogens with one attached hydrogen (secondary N) is 1. The van der Waals surface area contributed by atoms with Crippen molar-refractivity contribution in [2.24, 2.45) is 0 Å². The predicted octanol–water partition coefficient (Wildman–Crippen LogP) is 4.34. The van der Waals surface area contributed by atoms with E-state index in [1.165, 1.54) is 12.3 Å². The van der Waals surface area contributed by atoms with Gasteiger partial charge in [-0.3, -0.25) is 0 Å². The number of hydrogen-bond acceptors (Lipinski definition) is 8. The molecule has 0 saturated carbocycles. The smallest absolute Gasteiger partial charge is 0.354 e. The maximum absolute atomic E-state index is 11.0. The number of rotatable bonds is 6. The van der Waals surface area contributed by atoms with E-state index in [1.807, 2.05) is 12.3 Å². The van der Waals surface area contributed by atoms with E-state index in [0.717, 1.165) is 5.01 Å². The average molecular weight is 382 g/mol. The maximum Gasteiger partial charge on any atom is 0.354 e. The van der Waals surface area contributed by atoms with E-state index < -0.39 is 5.97 Å². The molecule has 0 radical (unpaired) electrons. The van der Waals surface area contributed by atoms with Gasteiger partial charge < -0.3 is 19.6 Å². The van der Waals surface area contributed by atoms with Crippen LogP contribution in [0.2, 0.25) is 0 Å². The molecule has 3 aromatic heterocycles. The Balaban J connectivity index is 1.54. The van der Waals surface area contributed by atoms with Gasteiger partial charge in [0.2, 0.25) is 0 Å². The first-order valence-electron chi connectivity index (χ1n) is 8.02. The fourth-order valence-electron chi connectivity index (χ4n) is 2.45. The van der Waals surface area contributed by atoms with Crippen LogP contribution in [0.5, 0.6) is 11.5 Å². The lowest BCUT2D eigenvalue weighted by Crippen LogP contribution is -2.05. The Kier molecular flexibility index (Phi) is 4.43.